The number of hydrogen-bond acceptors (Lipinski definition) is 3. The summed E-state index contributed by atoms with van der Waals surface area (Å²) in [5.41, 5.74) is 2.65. The number of ether oxygens (including phenoxy) is 2. The molecule has 0 bridgehead atoms. The summed E-state index contributed by atoms with van der Waals surface area (Å²) >= 11 is 0. The van der Waals surface area contributed by atoms with Crippen molar-refractivity contribution in [3.8, 4) is 11.5 Å². The number of likely N-dealkylation sites (N-methyl/N-ethyl adjacent to an activating group) is 1. The lowest BCUT2D eigenvalue weighted by atomic mass is 9.92. The van der Waals surface area contributed by atoms with Gasteiger partial charge in [0.15, 0.2) is 11.5 Å². The Labute approximate surface area is 109 Å². The van der Waals surface area contributed by atoms with Crippen LogP contribution in [0.25, 0.3) is 0 Å². The highest BCUT2D eigenvalue weighted by atomic mass is 35.5. The Morgan fingerprint density at radius 3 is 2.53 bits per heavy atom. The Morgan fingerprint density at radius 1 is 1.24 bits per heavy atom. The molecule has 1 aromatic carbocycles. The van der Waals surface area contributed by atoms with E-state index in [0.717, 1.165) is 24.5 Å². The molecule has 17 heavy (non-hydrogen) atoms. The Bertz CT molecular complexity index is 395. The van der Waals surface area contributed by atoms with Crippen LogP contribution in [0.5, 0.6) is 11.5 Å². The Balaban J connectivity index is 0.00000144. The quantitative estimate of drug-likeness (QED) is 0.813. The van der Waals surface area contributed by atoms with Crippen LogP contribution in [0.1, 0.15) is 24.1 Å². The fraction of sp³-hybridized carbons (Fsp3) is 0.538. The number of rotatable bonds is 2. The fourth-order valence-corrected chi connectivity index (χ4v) is 2.38. The van der Waals surface area contributed by atoms with Crippen molar-refractivity contribution in [2.45, 2.75) is 19.4 Å². The van der Waals surface area contributed by atoms with Crippen LogP contribution < -0.4 is 9.47 Å². The van der Waals surface area contributed by atoms with Crippen molar-refractivity contribution in [3.05, 3.63) is 23.3 Å². The van der Waals surface area contributed by atoms with Gasteiger partial charge in [0.2, 0.25) is 0 Å². The summed E-state index contributed by atoms with van der Waals surface area (Å²) in [7, 11) is 5.54. The summed E-state index contributed by atoms with van der Waals surface area (Å²) in [6.45, 7) is 3.31. The molecule has 0 saturated carbocycles. The highest BCUT2D eigenvalue weighted by Gasteiger charge is 2.26. The van der Waals surface area contributed by atoms with Crippen LogP contribution in [0, 0.1) is 0 Å². The first-order chi connectivity index (χ1) is 7.69. The second kappa shape index (κ2) is 5.61. The minimum atomic E-state index is 0. The number of halogens is 1. The molecule has 96 valence electrons. The first-order valence-electron chi connectivity index (χ1n) is 5.63. The van der Waals surface area contributed by atoms with Crippen molar-refractivity contribution in [1.82, 2.24) is 4.90 Å². The average molecular weight is 258 g/mol. The molecule has 0 saturated heterocycles. The molecular weight excluding hydrogens is 238 g/mol. The molecule has 1 aliphatic heterocycles. The highest BCUT2D eigenvalue weighted by molar-refractivity contribution is 5.85. The lowest BCUT2D eigenvalue weighted by Crippen LogP contribution is -2.30. The molecule has 1 aliphatic rings. The zero-order valence-electron chi connectivity index (χ0n) is 10.8. The first-order valence-corrected chi connectivity index (χ1v) is 5.63. The van der Waals surface area contributed by atoms with Gasteiger partial charge in [0.25, 0.3) is 0 Å². The maximum absolute atomic E-state index is 5.50. The van der Waals surface area contributed by atoms with Gasteiger partial charge < -0.3 is 9.47 Å². The standard InChI is InChI=1S/C13H19NO2.ClH/c1-9-12-10(7-8-14(9)2)5-6-11(15-3)13(12)16-4;/h5-6,9H,7-8H2,1-4H3;1H. The summed E-state index contributed by atoms with van der Waals surface area (Å²) in [5, 5.41) is 0. The molecule has 4 heteroatoms. The van der Waals surface area contributed by atoms with Crippen molar-refractivity contribution in [2.75, 3.05) is 27.8 Å². The molecule has 0 spiro atoms. The zero-order valence-corrected chi connectivity index (χ0v) is 11.6. The van der Waals surface area contributed by atoms with Crippen LogP contribution in [-0.4, -0.2) is 32.7 Å². The van der Waals surface area contributed by atoms with Crippen LogP contribution in [0.2, 0.25) is 0 Å². The molecule has 3 nitrogen and oxygen atoms in total. The summed E-state index contributed by atoms with van der Waals surface area (Å²) in [5.74, 6) is 1.71. The van der Waals surface area contributed by atoms with E-state index in [1.807, 2.05) is 6.07 Å². The Morgan fingerprint density at radius 2 is 1.94 bits per heavy atom. The van der Waals surface area contributed by atoms with Gasteiger partial charge in [-0.15, -0.1) is 12.4 Å². The van der Waals surface area contributed by atoms with Gasteiger partial charge in [-0.1, -0.05) is 6.07 Å². The van der Waals surface area contributed by atoms with Crippen LogP contribution in [-0.2, 0) is 6.42 Å². The molecule has 2 rings (SSSR count). The van der Waals surface area contributed by atoms with E-state index in [1.54, 1.807) is 14.2 Å². The van der Waals surface area contributed by atoms with Gasteiger partial charge in [-0.2, -0.15) is 0 Å². The normalized spacial score (nSPS) is 19.2. The molecule has 0 fully saturated rings. The van der Waals surface area contributed by atoms with Gasteiger partial charge in [-0.25, -0.2) is 0 Å². The summed E-state index contributed by atoms with van der Waals surface area (Å²) < 4.78 is 10.8. The van der Waals surface area contributed by atoms with Crippen LogP contribution >= 0.6 is 12.4 Å². The van der Waals surface area contributed by atoms with Crippen molar-refractivity contribution in [1.29, 1.82) is 0 Å². The number of hydrogen-bond donors (Lipinski definition) is 0. The summed E-state index contributed by atoms with van der Waals surface area (Å²) in [4.78, 5) is 2.34. The van der Waals surface area contributed by atoms with Gasteiger partial charge in [0.1, 0.15) is 0 Å². The van der Waals surface area contributed by atoms with E-state index in [0.29, 0.717) is 6.04 Å². The minimum Gasteiger partial charge on any atom is -0.493 e. The van der Waals surface area contributed by atoms with Crippen LogP contribution in [0.15, 0.2) is 12.1 Å². The molecule has 1 atom stereocenters. The third kappa shape index (κ3) is 2.35. The Kier molecular flexibility index (Phi) is 4.66. The molecule has 0 N–H and O–H groups in total. The molecule has 0 aromatic heterocycles. The van der Waals surface area contributed by atoms with Crippen molar-refractivity contribution in [2.24, 2.45) is 0 Å². The van der Waals surface area contributed by atoms with Gasteiger partial charge in [0, 0.05) is 18.2 Å². The number of methoxy groups -OCH3 is 2. The predicted molar refractivity (Wildman–Crippen MR) is 71.5 cm³/mol. The molecule has 0 amide bonds. The molecule has 0 aliphatic carbocycles. The van der Waals surface area contributed by atoms with Gasteiger partial charge >= 0.3 is 0 Å². The first kappa shape index (κ1) is 14.1. The Hall–Kier alpha value is -0.930. The van der Waals surface area contributed by atoms with Crippen molar-refractivity contribution >= 4 is 12.4 Å². The smallest absolute Gasteiger partial charge is 0.165 e. The van der Waals surface area contributed by atoms with Gasteiger partial charge in [-0.3, -0.25) is 4.90 Å². The number of benzene rings is 1. The number of nitrogens with zero attached hydrogens (tertiary/aromatic N) is 1. The SMILES string of the molecule is COc1ccc2c(c1OC)C(C)N(C)CC2.Cl. The topological polar surface area (TPSA) is 21.7 Å². The van der Waals surface area contributed by atoms with E-state index in [4.69, 9.17) is 9.47 Å². The highest BCUT2D eigenvalue weighted by Crippen LogP contribution is 2.41. The van der Waals surface area contributed by atoms with Gasteiger partial charge in [-0.05, 0) is 32.0 Å². The largest absolute Gasteiger partial charge is 0.493 e. The molecule has 1 aromatic rings. The van der Waals surface area contributed by atoms with E-state index in [-0.39, 0.29) is 12.4 Å². The van der Waals surface area contributed by atoms with Crippen LogP contribution in [0.4, 0.5) is 0 Å². The van der Waals surface area contributed by atoms with E-state index < -0.39 is 0 Å². The van der Waals surface area contributed by atoms with E-state index in [9.17, 15) is 0 Å². The summed E-state index contributed by atoms with van der Waals surface area (Å²) in [6, 6.07) is 4.53. The molecule has 1 unspecified atom stereocenters. The lowest BCUT2D eigenvalue weighted by Gasteiger charge is -2.33. The van der Waals surface area contributed by atoms with E-state index >= 15 is 0 Å². The monoisotopic (exact) mass is 257 g/mol. The minimum absolute atomic E-state index is 0. The van der Waals surface area contributed by atoms with E-state index in [2.05, 4.69) is 24.9 Å². The third-order valence-corrected chi connectivity index (χ3v) is 3.49. The molecule has 1 heterocycles. The average Bonchev–Trinajstić information content (AvgIpc) is 2.32. The molecular formula is C13H20ClNO2. The van der Waals surface area contributed by atoms with Crippen molar-refractivity contribution < 1.29 is 9.47 Å². The lowest BCUT2D eigenvalue weighted by molar-refractivity contribution is 0.237. The fourth-order valence-electron chi connectivity index (χ4n) is 2.38. The van der Waals surface area contributed by atoms with Crippen LogP contribution in [0.3, 0.4) is 0 Å². The molecule has 0 radical (unpaired) electrons. The zero-order chi connectivity index (χ0) is 11.7. The maximum Gasteiger partial charge on any atom is 0.165 e. The van der Waals surface area contributed by atoms with Crippen molar-refractivity contribution in [3.63, 3.8) is 0 Å². The predicted octanol–water partition coefficient (Wildman–Crippen LogP) is 2.67. The summed E-state index contributed by atoms with van der Waals surface area (Å²) in [6.07, 6.45) is 1.08. The maximum atomic E-state index is 5.50. The third-order valence-electron chi connectivity index (χ3n) is 3.49. The van der Waals surface area contributed by atoms with Gasteiger partial charge in [0.05, 0.1) is 14.2 Å². The second-order valence-corrected chi connectivity index (χ2v) is 4.28. The second-order valence-electron chi connectivity index (χ2n) is 4.28. The van der Waals surface area contributed by atoms with E-state index in [1.165, 1.54) is 11.1 Å². The number of fused-ring (bicyclic) bond motifs is 1.